The fourth-order valence-corrected chi connectivity index (χ4v) is 5.62. The quantitative estimate of drug-likeness (QED) is 0.332. The fraction of sp³-hybridized carbons (Fsp3) is 0.355. The van der Waals surface area contributed by atoms with Gasteiger partial charge in [-0.3, -0.25) is 0 Å². The minimum atomic E-state index is -1.12. The molecule has 2 saturated heterocycles. The maximum atomic E-state index is 13.1. The van der Waals surface area contributed by atoms with Crippen LogP contribution in [0.5, 0.6) is 0 Å². The largest absolute Gasteiger partial charge is 0.459 e. The number of rotatable bonds is 8. The van der Waals surface area contributed by atoms with E-state index in [1.165, 1.54) is 11.8 Å². The lowest BCUT2D eigenvalue weighted by atomic mass is 10.1. The second kappa shape index (κ2) is 11.5. The van der Waals surface area contributed by atoms with Gasteiger partial charge in [0.1, 0.15) is 12.7 Å². The van der Waals surface area contributed by atoms with Crippen molar-refractivity contribution in [3.63, 3.8) is 0 Å². The van der Waals surface area contributed by atoms with Crippen molar-refractivity contribution in [2.24, 2.45) is 0 Å². The van der Waals surface area contributed by atoms with Crippen molar-refractivity contribution in [1.82, 2.24) is 0 Å². The van der Waals surface area contributed by atoms with E-state index < -0.39 is 41.7 Å². The van der Waals surface area contributed by atoms with Crippen LogP contribution in [-0.2, 0) is 28.8 Å². The molecule has 8 heteroatoms. The molecular formula is C31H32O7S. The summed E-state index contributed by atoms with van der Waals surface area (Å²) in [7, 11) is 0. The van der Waals surface area contributed by atoms with Crippen LogP contribution in [0.1, 0.15) is 49.9 Å². The van der Waals surface area contributed by atoms with E-state index in [2.05, 4.69) is 0 Å². The van der Waals surface area contributed by atoms with Gasteiger partial charge in [0.15, 0.2) is 18.5 Å². The molecule has 0 unspecified atom stereocenters. The van der Waals surface area contributed by atoms with Gasteiger partial charge in [0, 0.05) is 5.56 Å². The second-order valence-corrected chi connectivity index (χ2v) is 11.2. The van der Waals surface area contributed by atoms with Crippen molar-refractivity contribution in [1.29, 1.82) is 0 Å². The number of fused-ring (bicyclic) bond motifs is 1. The molecule has 3 aromatic carbocycles. The van der Waals surface area contributed by atoms with Crippen molar-refractivity contribution in [3.05, 3.63) is 106 Å². The van der Waals surface area contributed by atoms with Crippen molar-refractivity contribution in [2.45, 2.75) is 57.4 Å². The molecule has 2 aliphatic heterocycles. The van der Waals surface area contributed by atoms with Crippen LogP contribution in [0.2, 0.25) is 0 Å². The molecule has 0 aliphatic carbocycles. The average Bonchev–Trinajstić information content (AvgIpc) is 3.43. The van der Waals surface area contributed by atoms with Gasteiger partial charge in [-0.2, -0.15) is 0 Å². The average molecular weight is 549 g/mol. The van der Waals surface area contributed by atoms with Gasteiger partial charge in [0.05, 0.1) is 11.1 Å². The van der Waals surface area contributed by atoms with E-state index in [4.69, 9.17) is 23.7 Å². The molecule has 0 radical (unpaired) electrons. The number of hydrogen-bond acceptors (Lipinski definition) is 8. The smallest absolute Gasteiger partial charge is 0.338 e. The predicted octanol–water partition coefficient (Wildman–Crippen LogP) is 5.70. The highest BCUT2D eigenvalue weighted by molar-refractivity contribution is 7.99. The SMILES string of the molecule is CCS[C@@]1(c2ccc(C)cc2)O[C@H]2O[C@@H](COC(=O)c3ccc(C)cc3)[C@H](OC(=O)c3ccc(C)cc3)[C@H]2O1. The van der Waals surface area contributed by atoms with Crippen LogP contribution >= 0.6 is 11.8 Å². The summed E-state index contributed by atoms with van der Waals surface area (Å²) in [5.74, 6) is -0.283. The molecule has 0 N–H and O–H groups in total. The van der Waals surface area contributed by atoms with Crippen LogP contribution in [0.15, 0.2) is 72.8 Å². The summed E-state index contributed by atoms with van der Waals surface area (Å²) in [4.78, 5) is 25.8. The summed E-state index contributed by atoms with van der Waals surface area (Å²) < 4.78 is 30.7. The number of benzene rings is 3. The Morgan fingerprint density at radius 1 is 0.795 bits per heavy atom. The summed E-state index contributed by atoms with van der Waals surface area (Å²) in [5, 5.41) is -1.12. The van der Waals surface area contributed by atoms with Crippen LogP contribution < -0.4 is 0 Å². The Morgan fingerprint density at radius 3 is 1.90 bits per heavy atom. The van der Waals surface area contributed by atoms with E-state index in [1.54, 1.807) is 24.3 Å². The molecule has 0 amide bonds. The van der Waals surface area contributed by atoms with E-state index >= 15 is 0 Å². The molecule has 0 spiro atoms. The van der Waals surface area contributed by atoms with Gasteiger partial charge < -0.3 is 23.7 Å². The second-order valence-electron chi connectivity index (χ2n) is 9.80. The van der Waals surface area contributed by atoms with Crippen LogP contribution in [0.3, 0.4) is 0 Å². The van der Waals surface area contributed by atoms with Gasteiger partial charge in [-0.25, -0.2) is 9.59 Å². The van der Waals surface area contributed by atoms with Crippen molar-refractivity contribution in [2.75, 3.05) is 12.4 Å². The molecule has 0 saturated carbocycles. The molecule has 0 bridgehead atoms. The maximum absolute atomic E-state index is 13.1. The number of carbonyl (C=O) groups is 2. The standard InChI is InChI=1S/C31H32O7S/c1-5-39-31(24-16-10-21(4)11-17-24)37-27-26(36-29(33)23-14-8-20(3)9-15-23)25(35-30(27)38-31)18-34-28(32)22-12-6-19(2)7-13-22/h6-17,25-27,30H,5,18H2,1-4H3/t25-,26-,27+,30+,31+/m0/s1. The van der Waals surface area contributed by atoms with Gasteiger partial charge in [-0.05, 0) is 50.8 Å². The number of ether oxygens (including phenoxy) is 5. The molecule has 39 heavy (non-hydrogen) atoms. The van der Waals surface area contributed by atoms with E-state index in [0.717, 1.165) is 28.0 Å². The molecule has 3 aromatic rings. The highest BCUT2D eigenvalue weighted by Gasteiger charge is 2.60. The van der Waals surface area contributed by atoms with E-state index in [0.29, 0.717) is 11.1 Å². The first-order valence-electron chi connectivity index (χ1n) is 13.0. The van der Waals surface area contributed by atoms with Crippen molar-refractivity contribution >= 4 is 23.7 Å². The monoisotopic (exact) mass is 548 g/mol. The summed E-state index contributed by atoms with van der Waals surface area (Å²) in [6, 6.07) is 22.2. The Kier molecular flexibility index (Phi) is 8.09. The lowest BCUT2D eigenvalue weighted by Gasteiger charge is -2.30. The van der Waals surface area contributed by atoms with Gasteiger partial charge in [-0.1, -0.05) is 83.9 Å². The highest BCUT2D eigenvalue weighted by Crippen LogP contribution is 2.50. The molecule has 7 nitrogen and oxygen atoms in total. The lowest BCUT2D eigenvalue weighted by Crippen LogP contribution is -2.40. The third kappa shape index (κ3) is 5.89. The zero-order valence-corrected chi connectivity index (χ0v) is 23.2. The molecule has 2 heterocycles. The lowest BCUT2D eigenvalue weighted by molar-refractivity contribution is -0.195. The van der Waals surface area contributed by atoms with Crippen LogP contribution in [0.4, 0.5) is 0 Å². The van der Waals surface area contributed by atoms with Gasteiger partial charge in [0.25, 0.3) is 0 Å². The predicted molar refractivity (Wildman–Crippen MR) is 147 cm³/mol. The Balaban J connectivity index is 1.37. The van der Waals surface area contributed by atoms with Crippen LogP contribution in [-0.4, -0.2) is 48.9 Å². The number of thioether (sulfide) groups is 1. The normalized spacial score (nSPS) is 25.7. The van der Waals surface area contributed by atoms with Crippen LogP contribution in [0.25, 0.3) is 0 Å². The minimum Gasteiger partial charge on any atom is -0.459 e. The zero-order chi connectivity index (χ0) is 27.6. The van der Waals surface area contributed by atoms with Gasteiger partial charge >= 0.3 is 11.9 Å². The first-order chi connectivity index (χ1) is 18.8. The van der Waals surface area contributed by atoms with Crippen molar-refractivity contribution in [3.8, 4) is 0 Å². The number of esters is 2. The summed E-state index contributed by atoms with van der Waals surface area (Å²) in [6.45, 7) is 7.80. The molecule has 5 atom stereocenters. The van der Waals surface area contributed by atoms with Crippen LogP contribution in [0, 0.1) is 20.8 Å². The summed E-state index contributed by atoms with van der Waals surface area (Å²) in [6.07, 6.45) is -3.17. The Labute approximate surface area is 232 Å². The molecule has 5 rings (SSSR count). The summed E-state index contributed by atoms with van der Waals surface area (Å²) >= 11 is 1.49. The first-order valence-corrected chi connectivity index (χ1v) is 14.0. The third-order valence-corrected chi connectivity index (χ3v) is 7.86. The first kappa shape index (κ1) is 27.4. The van der Waals surface area contributed by atoms with Gasteiger partial charge in [-0.15, -0.1) is 0 Å². The Bertz CT molecular complexity index is 1310. The van der Waals surface area contributed by atoms with E-state index in [-0.39, 0.29) is 6.61 Å². The molecule has 2 fully saturated rings. The maximum Gasteiger partial charge on any atom is 0.338 e. The van der Waals surface area contributed by atoms with E-state index in [9.17, 15) is 9.59 Å². The molecule has 2 aliphatic rings. The highest BCUT2D eigenvalue weighted by atomic mass is 32.2. The van der Waals surface area contributed by atoms with Gasteiger partial charge in [0.2, 0.25) is 5.12 Å². The zero-order valence-electron chi connectivity index (χ0n) is 22.4. The van der Waals surface area contributed by atoms with Crippen molar-refractivity contribution < 1.29 is 33.3 Å². The topological polar surface area (TPSA) is 80.3 Å². The summed E-state index contributed by atoms with van der Waals surface area (Å²) in [5.41, 5.74) is 4.86. The number of carbonyl (C=O) groups excluding carboxylic acids is 2. The molecular weight excluding hydrogens is 516 g/mol. The van der Waals surface area contributed by atoms with E-state index in [1.807, 2.05) is 76.2 Å². The Morgan fingerprint density at radius 2 is 1.33 bits per heavy atom. The minimum absolute atomic E-state index is 0.128. The number of hydrogen-bond donors (Lipinski definition) is 0. The third-order valence-electron chi connectivity index (χ3n) is 6.77. The fourth-order valence-electron chi connectivity index (χ4n) is 4.60. The number of aryl methyl sites for hydroxylation is 3. The molecule has 0 aromatic heterocycles. The Hall–Kier alpha value is -3.17. The molecule has 204 valence electrons.